The first-order valence-electron chi connectivity index (χ1n) is 5.88. The molecular weight excluding hydrogens is 248 g/mol. The molecule has 1 aromatic carbocycles. The third kappa shape index (κ3) is 2.19. The number of aromatic nitrogens is 1. The average molecular weight is 262 g/mol. The Balaban J connectivity index is 1.92. The van der Waals surface area contributed by atoms with Crippen molar-refractivity contribution >= 4 is 11.3 Å². The minimum Gasteiger partial charge on any atom is -0.490 e. The Morgan fingerprint density at radius 3 is 2.83 bits per heavy atom. The van der Waals surface area contributed by atoms with Gasteiger partial charge in [-0.05, 0) is 17.7 Å². The highest BCUT2D eigenvalue weighted by Crippen LogP contribution is 2.33. The lowest BCUT2D eigenvalue weighted by Gasteiger charge is -2.13. The van der Waals surface area contributed by atoms with Crippen LogP contribution < -0.4 is 15.2 Å². The van der Waals surface area contributed by atoms with Gasteiger partial charge < -0.3 is 15.2 Å². The molecule has 0 spiro atoms. The number of nitrogens with two attached hydrogens (primary N) is 1. The van der Waals surface area contributed by atoms with Crippen LogP contribution in [-0.4, -0.2) is 18.2 Å². The fraction of sp³-hybridized carbons (Fsp3) is 0.308. The Hall–Kier alpha value is -1.59. The Bertz CT molecular complexity index is 528. The van der Waals surface area contributed by atoms with E-state index < -0.39 is 0 Å². The topological polar surface area (TPSA) is 57.4 Å². The molecule has 0 saturated carbocycles. The highest BCUT2D eigenvalue weighted by atomic mass is 32.1. The van der Waals surface area contributed by atoms with E-state index in [4.69, 9.17) is 15.2 Å². The highest BCUT2D eigenvalue weighted by molar-refractivity contribution is 7.09. The van der Waals surface area contributed by atoms with Crippen molar-refractivity contribution in [3.05, 3.63) is 40.3 Å². The predicted octanol–water partition coefficient (Wildman–Crippen LogP) is 2.35. The Morgan fingerprint density at radius 1 is 1.22 bits per heavy atom. The molecule has 1 aromatic heterocycles. The molecule has 1 aliphatic rings. The normalized spacial score (nSPS) is 16.1. The summed E-state index contributed by atoms with van der Waals surface area (Å²) < 4.78 is 11.3. The Morgan fingerprint density at radius 2 is 2.06 bits per heavy atom. The lowest BCUT2D eigenvalue weighted by molar-refractivity contribution is 0.297. The van der Waals surface area contributed by atoms with Gasteiger partial charge in [-0.15, -0.1) is 11.3 Å². The van der Waals surface area contributed by atoms with Gasteiger partial charge in [0.2, 0.25) is 0 Å². The van der Waals surface area contributed by atoms with Gasteiger partial charge >= 0.3 is 0 Å². The average Bonchev–Trinajstić information content (AvgIpc) is 2.83. The second-order valence-corrected chi connectivity index (χ2v) is 5.06. The monoisotopic (exact) mass is 262 g/mol. The largest absolute Gasteiger partial charge is 0.490 e. The fourth-order valence-electron chi connectivity index (χ4n) is 1.92. The van der Waals surface area contributed by atoms with Crippen molar-refractivity contribution in [1.29, 1.82) is 0 Å². The van der Waals surface area contributed by atoms with E-state index in [9.17, 15) is 0 Å². The summed E-state index contributed by atoms with van der Waals surface area (Å²) >= 11 is 1.56. The summed E-state index contributed by atoms with van der Waals surface area (Å²) in [4.78, 5) is 5.10. The third-order valence-electron chi connectivity index (χ3n) is 2.89. The molecule has 0 saturated heterocycles. The van der Waals surface area contributed by atoms with Crippen LogP contribution in [0.15, 0.2) is 29.9 Å². The summed E-state index contributed by atoms with van der Waals surface area (Å²) in [5.74, 6) is 1.58. The zero-order valence-corrected chi connectivity index (χ0v) is 10.7. The van der Waals surface area contributed by atoms with Crippen molar-refractivity contribution in [2.45, 2.75) is 12.5 Å². The maximum Gasteiger partial charge on any atom is 0.161 e. The van der Waals surface area contributed by atoms with Gasteiger partial charge in [-0.1, -0.05) is 6.07 Å². The standard InChI is InChI=1S/C13H14N2O2S/c14-13(12-7-15-8-18-12)9-2-3-10-11(6-9)17-5-1-4-16-10/h2-3,6-8,13H,1,4-5,14H2. The van der Waals surface area contributed by atoms with Crippen molar-refractivity contribution in [2.24, 2.45) is 5.73 Å². The first-order valence-corrected chi connectivity index (χ1v) is 6.76. The van der Waals surface area contributed by atoms with Gasteiger partial charge in [0.1, 0.15) is 0 Å². The highest BCUT2D eigenvalue weighted by Gasteiger charge is 2.15. The summed E-state index contributed by atoms with van der Waals surface area (Å²) in [6, 6.07) is 5.72. The van der Waals surface area contributed by atoms with E-state index in [1.54, 1.807) is 23.0 Å². The number of nitrogens with zero attached hydrogens (tertiary/aromatic N) is 1. The smallest absolute Gasteiger partial charge is 0.161 e. The van der Waals surface area contributed by atoms with E-state index in [0.717, 1.165) is 28.4 Å². The van der Waals surface area contributed by atoms with Crippen LogP contribution in [0.2, 0.25) is 0 Å². The summed E-state index contributed by atoms with van der Waals surface area (Å²) in [6.45, 7) is 1.39. The molecule has 0 aliphatic carbocycles. The summed E-state index contributed by atoms with van der Waals surface area (Å²) in [7, 11) is 0. The first kappa shape index (κ1) is 11.5. The van der Waals surface area contributed by atoms with Crippen molar-refractivity contribution < 1.29 is 9.47 Å². The summed E-state index contributed by atoms with van der Waals surface area (Å²) in [5, 5.41) is 0. The van der Waals surface area contributed by atoms with E-state index in [0.29, 0.717) is 13.2 Å². The Labute approximate surface area is 109 Å². The van der Waals surface area contributed by atoms with Crippen LogP contribution in [-0.2, 0) is 0 Å². The number of hydrogen-bond acceptors (Lipinski definition) is 5. The third-order valence-corrected chi connectivity index (χ3v) is 3.75. The number of fused-ring (bicyclic) bond motifs is 1. The molecule has 2 N–H and O–H groups in total. The van der Waals surface area contributed by atoms with Gasteiger partial charge in [-0.25, -0.2) is 0 Å². The molecule has 94 valence electrons. The molecule has 4 nitrogen and oxygen atoms in total. The molecule has 0 fully saturated rings. The zero-order chi connectivity index (χ0) is 12.4. The first-order chi connectivity index (χ1) is 8.84. The van der Waals surface area contributed by atoms with Crippen LogP contribution in [0.25, 0.3) is 0 Å². The fourth-order valence-corrected chi connectivity index (χ4v) is 2.56. The SMILES string of the molecule is NC(c1ccc2c(c1)OCCCO2)c1cncs1. The van der Waals surface area contributed by atoms with Crippen molar-refractivity contribution in [3.63, 3.8) is 0 Å². The maximum atomic E-state index is 6.21. The minimum atomic E-state index is -0.158. The second kappa shape index (κ2) is 4.96. The van der Waals surface area contributed by atoms with E-state index >= 15 is 0 Å². The quantitative estimate of drug-likeness (QED) is 0.902. The maximum absolute atomic E-state index is 6.21. The van der Waals surface area contributed by atoms with Gasteiger partial charge in [0.15, 0.2) is 11.5 Å². The van der Waals surface area contributed by atoms with Crippen LogP contribution in [0.3, 0.4) is 0 Å². The number of benzene rings is 1. The number of thiazole rings is 1. The number of ether oxygens (including phenoxy) is 2. The molecule has 1 aliphatic heterocycles. The lowest BCUT2D eigenvalue weighted by Crippen LogP contribution is -2.10. The van der Waals surface area contributed by atoms with Crippen molar-refractivity contribution in [3.8, 4) is 11.5 Å². The van der Waals surface area contributed by atoms with Gasteiger partial charge in [0.05, 0.1) is 24.8 Å². The van der Waals surface area contributed by atoms with Crippen LogP contribution in [0, 0.1) is 0 Å². The number of hydrogen-bond donors (Lipinski definition) is 1. The molecule has 3 rings (SSSR count). The zero-order valence-electron chi connectivity index (χ0n) is 9.83. The Kier molecular flexibility index (Phi) is 3.17. The summed E-state index contributed by atoms with van der Waals surface area (Å²) in [5.41, 5.74) is 9.01. The van der Waals surface area contributed by atoms with Crippen LogP contribution in [0.4, 0.5) is 0 Å². The van der Waals surface area contributed by atoms with Crippen LogP contribution >= 0.6 is 11.3 Å². The predicted molar refractivity (Wildman–Crippen MR) is 70.2 cm³/mol. The van der Waals surface area contributed by atoms with Gasteiger partial charge in [-0.2, -0.15) is 0 Å². The van der Waals surface area contributed by atoms with E-state index in [1.165, 1.54) is 0 Å². The molecule has 2 heterocycles. The van der Waals surface area contributed by atoms with Crippen LogP contribution in [0.1, 0.15) is 22.9 Å². The van der Waals surface area contributed by atoms with Gasteiger partial charge in [0, 0.05) is 17.5 Å². The number of rotatable bonds is 2. The molecular formula is C13H14N2O2S. The van der Waals surface area contributed by atoms with Gasteiger partial charge in [-0.3, -0.25) is 4.98 Å². The molecule has 18 heavy (non-hydrogen) atoms. The molecule has 1 atom stereocenters. The van der Waals surface area contributed by atoms with Gasteiger partial charge in [0.25, 0.3) is 0 Å². The van der Waals surface area contributed by atoms with E-state index in [-0.39, 0.29) is 6.04 Å². The van der Waals surface area contributed by atoms with Crippen molar-refractivity contribution in [2.75, 3.05) is 13.2 Å². The van der Waals surface area contributed by atoms with Crippen LogP contribution in [0.5, 0.6) is 11.5 Å². The molecule has 0 radical (unpaired) electrons. The molecule has 2 aromatic rings. The summed E-state index contributed by atoms with van der Waals surface area (Å²) in [6.07, 6.45) is 2.71. The molecule has 0 bridgehead atoms. The second-order valence-electron chi connectivity index (χ2n) is 4.14. The lowest BCUT2D eigenvalue weighted by atomic mass is 10.1. The van der Waals surface area contributed by atoms with E-state index in [2.05, 4.69) is 4.98 Å². The molecule has 1 unspecified atom stereocenters. The molecule has 5 heteroatoms. The molecule has 0 amide bonds. The minimum absolute atomic E-state index is 0.158. The van der Waals surface area contributed by atoms with Crippen molar-refractivity contribution in [1.82, 2.24) is 4.98 Å². The van der Waals surface area contributed by atoms with E-state index in [1.807, 2.05) is 18.2 Å².